The molecular weight excluding hydrogens is 362 g/mol. The first-order valence-corrected chi connectivity index (χ1v) is 13.9. The molecule has 1 heterocycles. The molecule has 174 valence electrons. The summed E-state index contributed by atoms with van der Waals surface area (Å²) in [6, 6.07) is 1.70. The van der Waals surface area contributed by atoms with Crippen LogP contribution in [0.1, 0.15) is 119 Å². The van der Waals surface area contributed by atoms with Gasteiger partial charge in [0, 0.05) is 12.1 Å². The molecule has 1 nitrogen and oxygen atoms in total. The van der Waals surface area contributed by atoms with Gasteiger partial charge in [-0.15, -0.1) is 0 Å². The lowest BCUT2D eigenvalue weighted by Crippen LogP contribution is -2.62. The van der Waals surface area contributed by atoms with Crippen LogP contribution in [0, 0.1) is 46.3 Å². The van der Waals surface area contributed by atoms with Gasteiger partial charge in [-0.1, -0.05) is 60.8 Å². The van der Waals surface area contributed by atoms with Gasteiger partial charge in [-0.05, 0) is 111 Å². The van der Waals surface area contributed by atoms with Gasteiger partial charge in [-0.3, -0.25) is 4.90 Å². The molecule has 1 heteroatoms. The molecule has 4 aliphatic rings. The zero-order valence-corrected chi connectivity index (χ0v) is 21.6. The molecule has 3 saturated carbocycles. The Bertz CT molecular complexity index is 583. The average Bonchev–Trinajstić information content (AvgIpc) is 3.05. The van der Waals surface area contributed by atoms with Crippen LogP contribution in [-0.4, -0.2) is 24.0 Å². The van der Waals surface area contributed by atoms with Crippen molar-refractivity contribution in [3.05, 3.63) is 0 Å². The second kappa shape index (κ2) is 8.72. The number of likely N-dealkylation sites (tertiary alicyclic amines) is 1. The van der Waals surface area contributed by atoms with Crippen LogP contribution in [0.2, 0.25) is 0 Å². The zero-order chi connectivity index (χ0) is 21.7. The number of rotatable bonds is 6. The van der Waals surface area contributed by atoms with Crippen molar-refractivity contribution >= 4 is 0 Å². The summed E-state index contributed by atoms with van der Waals surface area (Å²) < 4.78 is 0. The van der Waals surface area contributed by atoms with E-state index in [1.54, 1.807) is 6.42 Å². The molecule has 0 radical (unpaired) electrons. The summed E-state index contributed by atoms with van der Waals surface area (Å²) in [5.41, 5.74) is 1.24. The molecule has 30 heavy (non-hydrogen) atoms. The van der Waals surface area contributed by atoms with E-state index in [9.17, 15) is 0 Å². The largest absolute Gasteiger partial charge is 0.300 e. The van der Waals surface area contributed by atoms with Gasteiger partial charge in [0.2, 0.25) is 0 Å². The van der Waals surface area contributed by atoms with Crippen molar-refractivity contribution in [1.82, 2.24) is 4.90 Å². The second-order valence-corrected chi connectivity index (χ2v) is 13.3. The van der Waals surface area contributed by atoms with E-state index < -0.39 is 0 Å². The first kappa shape index (κ1) is 23.1. The van der Waals surface area contributed by atoms with Crippen molar-refractivity contribution in [3.8, 4) is 0 Å². The summed E-state index contributed by atoms with van der Waals surface area (Å²) in [7, 11) is 2.47. The predicted molar refractivity (Wildman–Crippen MR) is 131 cm³/mol. The normalized spacial score (nSPS) is 47.6. The Kier molecular flexibility index (Phi) is 6.72. The molecule has 0 N–H and O–H groups in total. The van der Waals surface area contributed by atoms with E-state index in [2.05, 4.69) is 53.5 Å². The summed E-state index contributed by atoms with van der Waals surface area (Å²) in [4.78, 5) is 2.84. The van der Waals surface area contributed by atoms with Gasteiger partial charge in [0.25, 0.3) is 0 Å². The fourth-order valence-corrected chi connectivity index (χ4v) is 9.91. The summed E-state index contributed by atoms with van der Waals surface area (Å²) in [5.74, 6) is 5.87. The highest BCUT2D eigenvalue weighted by Crippen LogP contribution is 2.67. The summed E-state index contributed by atoms with van der Waals surface area (Å²) in [6.45, 7) is 15.3. The molecule has 0 aromatic heterocycles. The van der Waals surface area contributed by atoms with Gasteiger partial charge in [0.05, 0.1) is 0 Å². The lowest BCUT2D eigenvalue weighted by molar-refractivity contribution is -0.137. The standard InChI is InChI=1S/C29H53N/c1-8-22-16-18-29(6)26-17-19-28(5)24(21(4)11-9-10-20(2)3)13-14-25(28)23(26)12-15-27(29)30(22)7/h20-27H,8-19H2,1-7H3/t21?,22-,23?,24+,25?,26?,27+,28+,29+/m0/s1. The highest BCUT2D eigenvalue weighted by Gasteiger charge is 2.61. The highest BCUT2D eigenvalue weighted by molar-refractivity contribution is 5.11. The summed E-state index contributed by atoms with van der Waals surface area (Å²) in [5, 5.41) is 0. The van der Waals surface area contributed by atoms with Gasteiger partial charge >= 0.3 is 0 Å². The maximum atomic E-state index is 2.84. The van der Waals surface area contributed by atoms with Crippen LogP contribution in [0.4, 0.5) is 0 Å². The Balaban J connectivity index is 1.47. The molecule has 4 unspecified atom stereocenters. The lowest BCUT2D eigenvalue weighted by atomic mass is 9.46. The van der Waals surface area contributed by atoms with E-state index in [1.807, 2.05) is 0 Å². The Morgan fingerprint density at radius 2 is 1.53 bits per heavy atom. The molecule has 0 amide bonds. The average molecular weight is 416 g/mol. The molecule has 1 aliphatic heterocycles. The van der Waals surface area contributed by atoms with E-state index in [1.165, 1.54) is 70.6 Å². The van der Waals surface area contributed by atoms with Crippen LogP contribution in [0.5, 0.6) is 0 Å². The first-order valence-electron chi connectivity index (χ1n) is 13.9. The van der Waals surface area contributed by atoms with Crippen LogP contribution in [0.15, 0.2) is 0 Å². The van der Waals surface area contributed by atoms with E-state index in [-0.39, 0.29) is 0 Å². The van der Waals surface area contributed by atoms with Gasteiger partial charge in [-0.2, -0.15) is 0 Å². The molecule has 0 bridgehead atoms. The Hall–Kier alpha value is -0.0400. The van der Waals surface area contributed by atoms with Crippen molar-refractivity contribution in [2.24, 2.45) is 46.3 Å². The predicted octanol–water partition coefficient (Wildman–Crippen LogP) is 8.18. The van der Waals surface area contributed by atoms with Crippen LogP contribution >= 0.6 is 0 Å². The third-order valence-corrected chi connectivity index (χ3v) is 11.6. The third kappa shape index (κ3) is 3.72. The second-order valence-electron chi connectivity index (χ2n) is 13.3. The Labute approximate surface area is 189 Å². The Morgan fingerprint density at radius 3 is 2.23 bits per heavy atom. The van der Waals surface area contributed by atoms with Crippen LogP contribution in [0.25, 0.3) is 0 Å². The maximum absolute atomic E-state index is 2.84. The quantitative estimate of drug-likeness (QED) is 0.422. The van der Waals surface area contributed by atoms with E-state index in [0.29, 0.717) is 10.8 Å². The number of nitrogens with zero attached hydrogens (tertiary/aromatic N) is 1. The van der Waals surface area contributed by atoms with Crippen molar-refractivity contribution in [2.75, 3.05) is 7.05 Å². The van der Waals surface area contributed by atoms with E-state index in [0.717, 1.165) is 47.6 Å². The van der Waals surface area contributed by atoms with Crippen molar-refractivity contribution in [2.45, 2.75) is 131 Å². The minimum Gasteiger partial charge on any atom is -0.300 e. The SMILES string of the molecule is CC[C@H]1CC[C@]2(C)C3CC[C@@]4(C)C(CC[C@@H]4C(C)CCCC(C)C)C3CC[C@H]2N1C. The molecule has 0 aromatic rings. The van der Waals surface area contributed by atoms with Gasteiger partial charge < -0.3 is 0 Å². The monoisotopic (exact) mass is 415 g/mol. The van der Waals surface area contributed by atoms with Gasteiger partial charge in [0.15, 0.2) is 0 Å². The van der Waals surface area contributed by atoms with Crippen LogP contribution in [-0.2, 0) is 0 Å². The van der Waals surface area contributed by atoms with Gasteiger partial charge in [-0.25, -0.2) is 0 Å². The van der Waals surface area contributed by atoms with E-state index in [4.69, 9.17) is 0 Å². The fraction of sp³-hybridized carbons (Fsp3) is 1.00. The molecule has 0 spiro atoms. The highest BCUT2D eigenvalue weighted by atomic mass is 15.2. The first-order chi connectivity index (χ1) is 14.2. The molecule has 4 rings (SSSR count). The molecule has 3 aliphatic carbocycles. The minimum absolute atomic E-state index is 0.589. The van der Waals surface area contributed by atoms with Gasteiger partial charge in [0.1, 0.15) is 0 Å². The molecule has 9 atom stereocenters. The fourth-order valence-electron chi connectivity index (χ4n) is 9.91. The number of hydrogen-bond acceptors (Lipinski definition) is 1. The summed E-state index contributed by atoms with van der Waals surface area (Å²) in [6.07, 6.45) is 17.8. The number of piperidine rings is 1. The molecular formula is C29H53N. The number of hydrogen-bond donors (Lipinski definition) is 0. The van der Waals surface area contributed by atoms with Crippen molar-refractivity contribution in [3.63, 3.8) is 0 Å². The Morgan fingerprint density at radius 1 is 0.833 bits per heavy atom. The third-order valence-electron chi connectivity index (χ3n) is 11.6. The molecule has 0 aromatic carbocycles. The van der Waals surface area contributed by atoms with Crippen molar-refractivity contribution in [1.29, 1.82) is 0 Å². The zero-order valence-electron chi connectivity index (χ0n) is 21.6. The number of fused-ring (bicyclic) bond motifs is 5. The minimum atomic E-state index is 0.589. The smallest absolute Gasteiger partial charge is 0.0152 e. The topological polar surface area (TPSA) is 3.24 Å². The van der Waals surface area contributed by atoms with Crippen molar-refractivity contribution < 1.29 is 0 Å². The van der Waals surface area contributed by atoms with Crippen LogP contribution < -0.4 is 0 Å². The van der Waals surface area contributed by atoms with E-state index >= 15 is 0 Å². The maximum Gasteiger partial charge on any atom is 0.0152 e. The summed E-state index contributed by atoms with van der Waals surface area (Å²) >= 11 is 0. The van der Waals surface area contributed by atoms with Crippen LogP contribution in [0.3, 0.4) is 0 Å². The lowest BCUT2D eigenvalue weighted by Gasteiger charge is -2.63. The molecule has 1 saturated heterocycles. The molecule has 4 fully saturated rings.